The Balaban J connectivity index is 1.75. The van der Waals surface area contributed by atoms with Crippen LogP contribution in [-0.2, 0) is 13.5 Å². The average molecular weight is 278 g/mol. The lowest BCUT2D eigenvalue weighted by Crippen LogP contribution is -2.30. The molecule has 0 aliphatic carbocycles. The number of nitrogens with zero attached hydrogens (tertiary/aromatic N) is 2. The summed E-state index contributed by atoms with van der Waals surface area (Å²) in [5, 5.41) is 4.23. The van der Waals surface area contributed by atoms with Crippen molar-refractivity contribution in [1.29, 1.82) is 0 Å². The van der Waals surface area contributed by atoms with Gasteiger partial charge in [0.2, 0.25) is 0 Å². The molecule has 1 aliphatic rings. The number of hydrogen-bond donors (Lipinski definition) is 1. The first-order valence-electron chi connectivity index (χ1n) is 7.05. The van der Waals surface area contributed by atoms with E-state index in [0.29, 0.717) is 0 Å². The average Bonchev–Trinajstić information content (AvgIpc) is 2.74. The number of fused-ring (bicyclic) bond motifs is 1. The fourth-order valence-electron chi connectivity index (χ4n) is 2.95. The van der Waals surface area contributed by atoms with Crippen LogP contribution in [0.2, 0.25) is 5.02 Å². The van der Waals surface area contributed by atoms with Gasteiger partial charge in [-0.2, -0.15) is 0 Å². The Morgan fingerprint density at radius 2 is 2.37 bits per heavy atom. The maximum Gasteiger partial charge on any atom is 0.109 e. The minimum absolute atomic E-state index is 0.758. The quantitative estimate of drug-likeness (QED) is 0.934. The SMILES string of the molecule is Cn1c(CCC2CCCNC2)nc2cc(Cl)ccc21. The number of benzene rings is 1. The van der Waals surface area contributed by atoms with Crippen LogP contribution in [0.15, 0.2) is 18.2 Å². The van der Waals surface area contributed by atoms with Crippen molar-refractivity contribution in [3.05, 3.63) is 29.0 Å². The second kappa shape index (κ2) is 5.51. The lowest BCUT2D eigenvalue weighted by molar-refractivity contribution is 0.355. The standard InChI is InChI=1S/C15H20ClN3/c1-19-14-6-5-12(16)9-13(14)18-15(19)7-4-11-3-2-8-17-10-11/h5-6,9,11,17H,2-4,7-8,10H2,1H3. The number of halogens is 1. The zero-order chi connectivity index (χ0) is 13.2. The van der Waals surface area contributed by atoms with Gasteiger partial charge in [-0.05, 0) is 56.5 Å². The lowest BCUT2D eigenvalue weighted by Gasteiger charge is -2.22. The van der Waals surface area contributed by atoms with Gasteiger partial charge in [-0.15, -0.1) is 0 Å². The van der Waals surface area contributed by atoms with Gasteiger partial charge in [0.25, 0.3) is 0 Å². The van der Waals surface area contributed by atoms with Gasteiger partial charge in [0.15, 0.2) is 0 Å². The van der Waals surface area contributed by atoms with E-state index in [4.69, 9.17) is 16.6 Å². The first kappa shape index (κ1) is 12.9. The highest BCUT2D eigenvalue weighted by Crippen LogP contribution is 2.22. The van der Waals surface area contributed by atoms with E-state index < -0.39 is 0 Å². The molecule has 1 N–H and O–H groups in total. The first-order valence-corrected chi connectivity index (χ1v) is 7.43. The number of aromatic nitrogens is 2. The minimum Gasteiger partial charge on any atom is -0.331 e. The highest BCUT2D eigenvalue weighted by Gasteiger charge is 2.15. The predicted octanol–water partition coefficient (Wildman–Crippen LogP) is 3.16. The van der Waals surface area contributed by atoms with Crippen LogP contribution in [0.4, 0.5) is 0 Å². The molecule has 1 aliphatic heterocycles. The second-order valence-corrected chi connectivity index (χ2v) is 5.91. The van der Waals surface area contributed by atoms with E-state index in [1.54, 1.807) is 0 Å². The molecule has 1 aromatic carbocycles. The number of hydrogen-bond acceptors (Lipinski definition) is 2. The fraction of sp³-hybridized carbons (Fsp3) is 0.533. The molecule has 0 bridgehead atoms. The van der Waals surface area contributed by atoms with Crippen molar-refractivity contribution in [2.75, 3.05) is 13.1 Å². The molecule has 2 heterocycles. The first-order chi connectivity index (χ1) is 9.24. The van der Waals surface area contributed by atoms with Gasteiger partial charge in [0.1, 0.15) is 5.82 Å². The summed E-state index contributed by atoms with van der Waals surface area (Å²) < 4.78 is 2.20. The van der Waals surface area contributed by atoms with Crippen LogP contribution in [0.1, 0.15) is 25.1 Å². The van der Waals surface area contributed by atoms with Crippen molar-refractivity contribution in [1.82, 2.24) is 14.9 Å². The topological polar surface area (TPSA) is 29.9 Å². The van der Waals surface area contributed by atoms with Crippen LogP contribution in [0.5, 0.6) is 0 Å². The summed E-state index contributed by atoms with van der Waals surface area (Å²) in [6.07, 6.45) is 4.93. The number of aryl methyl sites for hydroxylation is 2. The van der Waals surface area contributed by atoms with Crippen molar-refractivity contribution >= 4 is 22.6 Å². The maximum atomic E-state index is 6.02. The Bertz CT molecular complexity index is 570. The smallest absolute Gasteiger partial charge is 0.109 e. The summed E-state index contributed by atoms with van der Waals surface area (Å²) in [4.78, 5) is 4.72. The van der Waals surface area contributed by atoms with Crippen molar-refractivity contribution in [3.8, 4) is 0 Å². The Hall–Kier alpha value is -1.06. The Kier molecular flexibility index (Phi) is 3.76. The Morgan fingerprint density at radius 1 is 1.47 bits per heavy atom. The summed E-state index contributed by atoms with van der Waals surface area (Å²) in [7, 11) is 2.09. The monoisotopic (exact) mass is 277 g/mol. The molecule has 1 fully saturated rings. The van der Waals surface area contributed by atoms with Crippen molar-refractivity contribution in [2.24, 2.45) is 13.0 Å². The molecule has 0 radical (unpaired) electrons. The normalized spacial score (nSPS) is 20.0. The van der Waals surface area contributed by atoms with E-state index in [2.05, 4.69) is 23.0 Å². The molecule has 0 amide bonds. The van der Waals surface area contributed by atoms with E-state index in [9.17, 15) is 0 Å². The third-order valence-corrected chi connectivity index (χ3v) is 4.35. The molecular weight excluding hydrogens is 258 g/mol. The number of imidazole rings is 1. The number of piperidine rings is 1. The van der Waals surface area contributed by atoms with Crippen LogP contribution in [0, 0.1) is 5.92 Å². The second-order valence-electron chi connectivity index (χ2n) is 5.47. The molecule has 1 atom stereocenters. The third-order valence-electron chi connectivity index (χ3n) is 4.11. The summed E-state index contributed by atoms with van der Waals surface area (Å²) >= 11 is 6.02. The van der Waals surface area contributed by atoms with Crippen LogP contribution in [0.25, 0.3) is 11.0 Å². The predicted molar refractivity (Wildman–Crippen MR) is 79.6 cm³/mol. The molecule has 1 unspecified atom stereocenters. The molecular formula is C15H20ClN3. The van der Waals surface area contributed by atoms with Gasteiger partial charge < -0.3 is 9.88 Å². The summed E-state index contributed by atoms with van der Waals surface area (Å²) in [6, 6.07) is 5.93. The van der Waals surface area contributed by atoms with Gasteiger partial charge in [-0.25, -0.2) is 4.98 Å². The molecule has 1 aromatic heterocycles. The molecule has 3 nitrogen and oxygen atoms in total. The maximum absolute atomic E-state index is 6.02. The van der Waals surface area contributed by atoms with Gasteiger partial charge in [-0.3, -0.25) is 0 Å². The molecule has 102 valence electrons. The Labute approximate surface area is 119 Å². The summed E-state index contributed by atoms with van der Waals surface area (Å²) in [6.45, 7) is 2.34. The molecule has 0 saturated carbocycles. The highest BCUT2D eigenvalue weighted by atomic mass is 35.5. The van der Waals surface area contributed by atoms with Gasteiger partial charge in [0, 0.05) is 18.5 Å². The summed E-state index contributed by atoms with van der Waals surface area (Å²) in [5.74, 6) is 1.97. The van der Waals surface area contributed by atoms with Gasteiger partial charge >= 0.3 is 0 Å². The Morgan fingerprint density at radius 3 is 3.16 bits per heavy atom. The van der Waals surface area contributed by atoms with E-state index in [1.165, 1.54) is 37.1 Å². The van der Waals surface area contributed by atoms with E-state index in [-0.39, 0.29) is 0 Å². The van der Waals surface area contributed by atoms with Crippen molar-refractivity contribution < 1.29 is 0 Å². The molecule has 19 heavy (non-hydrogen) atoms. The minimum atomic E-state index is 0.758. The lowest BCUT2D eigenvalue weighted by atomic mass is 9.94. The van der Waals surface area contributed by atoms with Crippen LogP contribution >= 0.6 is 11.6 Å². The molecule has 0 spiro atoms. The number of rotatable bonds is 3. The van der Waals surface area contributed by atoms with Crippen LogP contribution in [-0.4, -0.2) is 22.6 Å². The van der Waals surface area contributed by atoms with Crippen molar-refractivity contribution in [2.45, 2.75) is 25.7 Å². The van der Waals surface area contributed by atoms with E-state index >= 15 is 0 Å². The molecule has 4 heteroatoms. The number of nitrogens with one attached hydrogen (secondary N) is 1. The zero-order valence-electron chi connectivity index (χ0n) is 11.3. The van der Waals surface area contributed by atoms with E-state index in [0.717, 1.165) is 29.4 Å². The summed E-state index contributed by atoms with van der Waals surface area (Å²) in [5.41, 5.74) is 2.17. The van der Waals surface area contributed by atoms with Gasteiger partial charge in [0.05, 0.1) is 11.0 Å². The van der Waals surface area contributed by atoms with Gasteiger partial charge in [-0.1, -0.05) is 11.6 Å². The fourth-order valence-corrected chi connectivity index (χ4v) is 3.12. The molecule has 1 saturated heterocycles. The molecule has 2 aromatic rings. The van der Waals surface area contributed by atoms with Crippen LogP contribution in [0.3, 0.4) is 0 Å². The van der Waals surface area contributed by atoms with E-state index in [1.807, 2.05) is 12.1 Å². The van der Waals surface area contributed by atoms with Crippen molar-refractivity contribution in [3.63, 3.8) is 0 Å². The largest absolute Gasteiger partial charge is 0.331 e. The third kappa shape index (κ3) is 2.77. The zero-order valence-corrected chi connectivity index (χ0v) is 12.1. The van der Waals surface area contributed by atoms with Crippen LogP contribution < -0.4 is 5.32 Å². The molecule has 3 rings (SSSR count). The highest BCUT2D eigenvalue weighted by molar-refractivity contribution is 6.31.